The molecule has 7 heteroatoms. The maximum Gasteiger partial charge on any atom is 0.303 e. The Bertz CT molecular complexity index is 701. The molecule has 23 heavy (non-hydrogen) atoms. The fourth-order valence-corrected chi connectivity index (χ4v) is 3.43. The number of ether oxygens (including phenoxy) is 1. The van der Waals surface area contributed by atoms with Crippen molar-refractivity contribution >= 4 is 23.6 Å². The second-order valence-corrected chi connectivity index (χ2v) is 6.16. The zero-order valence-corrected chi connectivity index (χ0v) is 13.4. The van der Waals surface area contributed by atoms with Gasteiger partial charge in [0.25, 0.3) is 0 Å². The quantitative estimate of drug-likeness (QED) is 0.783. The number of thioether (sulfide) groups is 1. The van der Waals surface area contributed by atoms with Crippen molar-refractivity contribution in [1.29, 1.82) is 0 Å². The minimum atomic E-state index is -0.356. The molecule has 0 N–H and O–H groups in total. The first kappa shape index (κ1) is 15.6. The Kier molecular flexibility index (Phi) is 4.66. The van der Waals surface area contributed by atoms with Crippen LogP contribution < -0.4 is 0 Å². The molecule has 1 aliphatic rings. The highest BCUT2D eigenvalue weighted by Crippen LogP contribution is 2.40. The molecule has 120 valence electrons. The molecular weight excluding hydrogens is 316 g/mol. The molecule has 3 heterocycles. The summed E-state index contributed by atoms with van der Waals surface area (Å²) in [5, 5.41) is -0.185. The maximum absolute atomic E-state index is 12.2. The molecule has 1 saturated heterocycles. The van der Waals surface area contributed by atoms with Gasteiger partial charge in [-0.05, 0) is 24.3 Å². The van der Waals surface area contributed by atoms with Crippen LogP contribution in [-0.4, -0.2) is 27.5 Å². The molecule has 2 aromatic rings. The molecule has 2 aromatic heterocycles. The average molecular weight is 332 g/mol. The van der Waals surface area contributed by atoms with Gasteiger partial charge in [0.15, 0.2) is 0 Å². The van der Waals surface area contributed by atoms with Gasteiger partial charge in [0, 0.05) is 13.1 Å². The molecule has 3 rings (SSSR count). The molecule has 0 spiro atoms. The van der Waals surface area contributed by atoms with Gasteiger partial charge >= 0.3 is 5.97 Å². The Morgan fingerprint density at radius 1 is 1.43 bits per heavy atom. The summed E-state index contributed by atoms with van der Waals surface area (Å²) in [4.78, 5) is 29.0. The SMILES string of the molecule is CC(=O)OCc1ccc(C2SCC(=O)N2Cc2ccccn2)o1. The smallest absolute Gasteiger partial charge is 0.303 e. The summed E-state index contributed by atoms with van der Waals surface area (Å²) in [6.07, 6.45) is 1.71. The van der Waals surface area contributed by atoms with Crippen molar-refractivity contribution in [2.75, 3.05) is 5.75 Å². The molecule has 0 aromatic carbocycles. The van der Waals surface area contributed by atoms with E-state index in [9.17, 15) is 9.59 Å². The number of carbonyl (C=O) groups excluding carboxylic acids is 2. The number of hydrogen-bond donors (Lipinski definition) is 0. The standard InChI is InChI=1S/C16H16N2O4S/c1-11(19)21-9-13-5-6-14(22-13)16-18(15(20)10-23-16)8-12-4-2-3-7-17-12/h2-7,16H,8-10H2,1H3. The number of amides is 1. The first-order chi connectivity index (χ1) is 11.1. The lowest BCUT2D eigenvalue weighted by Gasteiger charge is -2.21. The fourth-order valence-electron chi connectivity index (χ4n) is 2.30. The number of pyridine rings is 1. The first-order valence-electron chi connectivity index (χ1n) is 7.16. The van der Waals surface area contributed by atoms with Gasteiger partial charge in [-0.2, -0.15) is 0 Å². The topological polar surface area (TPSA) is 72.6 Å². The van der Waals surface area contributed by atoms with E-state index in [0.29, 0.717) is 23.8 Å². The zero-order chi connectivity index (χ0) is 16.2. The third kappa shape index (κ3) is 3.73. The van der Waals surface area contributed by atoms with Gasteiger partial charge in [-0.3, -0.25) is 14.6 Å². The molecule has 1 fully saturated rings. The van der Waals surface area contributed by atoms with Gasteiger partial charge in [-0.15, -0.1) is 11.8 Å². The van der Waals surface area contributed by atoms with Crippen LogP contribution in [0.1, 0.15) is 29.5 Å². The zero-order valence-electron chi connectivity index (χ0n) is 12.6. The van der Waals surface area contributed by atoms with Crippen molar-refractivity contribution in [3.05, 3.63) is 53.7 Å². The van der Waals surface area contributed by atoms with E-state index in [1.54, 1.807) is 17.2 Å². The number of esters is 1. The molecular formula is C16H16N2O4S. The summed E-state index contributed by atoms with van der Waals surface area (Å²) in [5.74, 6) is 1.36. The Labute approximate surface area is 137 Å². The molecule has 6 nitrogen and oxygen atoms in total. The summed E-state index contributed by atoms with van der Waals surface area (Å²) in [6, 6.07) is 9.22. The van der Waals surface area contributed by atoms with Crippen LogP contribution in [0.2, 0.25) is 0 Å². The fraction of sp³-hybridized carbons (Fsp3) is 0.312. The minimum absolute atomic E-state index is 0.0589. The third-order valence-corrected chi connectivity index (χ3v) is 4.59. The minimum Gasteiger partial charge on any atom is -0.459 e. The normalized spacial score (nSPS) is 17.5. The molecule has 1 aliphatic heterocycles. The predicted molar refractivity (Wildman–Crippen MR) is 84.2 cm³/mol. The second kappa shape index (κ2) is 6.87. The van der Waals surface area contributed by atoms with E-state index < -0.39 is 0 Å². The van der Waals surface area contributed by atoms with E-state index >= 15 is 0 Å². The van der Waals surface area contributed by atoms with Crippen molar-refractivity contribution in [2.24, 2.45) is 0 Å². The van der Waals surface area contributed by atoms with E-state index in [1.165, 1.54) is 18.7 Å². The average Bonchev–Trinajstić information content (AvgIpc) is 3.14. The van der Waals surface area contributed by atoms with E-state index in [4.69, 9.17) is 9.15 Å². The molecule has 0 radical (unpaired) electrons. The van der Waals surface area contributed by atoms with Gasteiger partial charge in [-0.25, -0.2) is 0 Å². The second-order valence-electron chi connectivity index (χ2n) is 5.09. The van der Waals surface area contributed by atoms with E-state index in [1.807, 2.05) is 24.3 Å². The van der Waals surface area contributed by atoms with Gasteiger partial charge in [0.2, 0.25) is 5.91 Å². The number of nitrogens with zero attached hydrogens (tertiary/aromatic N) is 2. The number of carbonyl (C=O) groups is 2. The lowest BCUT2D eigenvalue weighted by molar-refractivity contribution is -0.142. The number of hydrogen-bond acceptors (Lipinski definition) is 6. The Morgan fingerprint density at radius 2 is 2.30 bits per heavy atom. The summed E-state index contributed by atoms with van der Waals surface area (Å²) in [7, 11) is 0. The highest BCUT2D eigenvalue weighted by Gasteiger charge is 2.35. The van der Waals surface area contributed by atoms with Crippen LogP contribution in [0.5, 0.6) is 0 Å². The Balaban J connectivity index is 1.73. The van der Waals surface area contributed by atoms with Crippen LogP contribution in [0.4, 0.5) is 0 Å². The lowest BCUT2D eigenvalue weighted by Crippen LogP contribution is -2.27. The summed E-state index contributed by atoms with van der Waals surface area (Å²) in [6.45, 7) is 1.89. The van der Waals surface area contributed by atoms with Crippen molar-refractivity contribution < 1.29 is 18.7 Å². The monoisotopic (exact) mass is 332 g/mol. The highest BCUT2D eigenvalue weighted by molar-refractivity contribution is 8.00. The van der Waals surface area contributed by atoms with Crippen molar-refractivity contribution in [2.45, 2.75) is 25.4 Å². The van der Waals surface area contributed by atoms with Crippen LogP contribution in [0.25, 0.3) is 0 Å². The van der Waals surface area contributed by atoms with Gasteiger partial charge in [-0.1, -0.05) is 6.07 Å². The van der Waals surface area contributed by atoms with Crippen LogP contribution in [0, 0.1) is 0 Å². The maximum atomic E-state index is 12.2. The van der Waals surface area contributed by atoms with Crippen LogP contribution in [-0.2, 0) is 27.5 Å². The molecule has 1 unspecified atom stereocenters. The van der Waals surface area contributed by atoms with E-state index in [-0.39, 0.29) is 23.9 Å². The summed E-state index contributed by atoms with van der Waals surface area (Å²) < 4.78 is 10.6. The van der Waals surface area contributed by atoms with Gasteiger partial charge in [0.1, 0.15) is 23.5 Å². The first-order valence-corrected chi connectivity index (χ1v) is 8.21. The molecule has 0 aliphatic carbocycles. The van der Waals surface area contributed by atoms with Crippen molar-refractivity contribution in [1.82, 2.24) is 9.88 Å². The summed E-state index contributed by atoms with van der Waals surface area (Å²) in [5.41, 5.74) is 0.833. The molecule has 1 atom stereocenters. The number of aromatic nitrogens is 1. The molecule has 0 saturated carbocycles. The van der Waals surface area contributed by atoms with Gasteiger partial charge in [0.05, 0.1) is 18.0 Å². The van der Waals surface area contributed by atoms with Gasteiger partial charge < -0.3 is 14.1 Å². The summed E-state index contributed by atoms with van der Waals surface area (Å²) >= 11 is 1.52. The Morgan fingerprint density at radius 3 is 3.04 bits per heavy atom. The van der Waals surface area contributed by atoms with E-state index in [2.05, 4.69) is 4.98 Å². The molecule has 1 amide bonds. The van der Waals surface area contributed by atoms with E-state index in [0.717, 1.165) is 5.69 Å². The largest absolute Gasteiger partial charge is 0.459 e. The van der Waals surface area contributed by atoms with Crippen molar-refractivity contribution in [3.8, 4) is 0 Å². The lowest BCUT2D eigenvalue weighted by atomic mass is 10.3. The van der Waals surface area contributed by atoms with Crippen molar-refractivity contribution in [3.63, 3.8) is 0 Å². The molecule has 0 bridgehead atoms. The third-order valence-electron chi connectivity index (χ3n) is 3.37. The Hall–Kier alpha value is -2.28. The predicted octanol–water partition coefficient (Wildman–Crippen LogP) is 2.51. The van der Waals surface area contributed by atoms with Crippen LogP contribution >= 0.6 is 11.8 Å². The number of furan rings is 1. The number of rotatable bonds is 5. The van der Waals surface area contributed by atoms with Crippen LogP contribution in [0.3, 0.4) is 0 Å². The highest BCUT2D eigenvalue weighted by atomic mass is 32.2. The van der Waals surface area contributed by atoms with Crippen LogP contribution in [0.15, 0.2) is 40.9 Å².